The SMILES string of the molecule is CCN(CC)c1nn(-c2ccccc2C(F)(F)F)nc1C(=O)O. The van der Waals surface area contributed by atoms with Gasteiger partial charge in [0, 0.05) is 13.1 Å². The largest absolute Gasteiger partial charge is 0.476 e. The second-order valence-electron chi connectivity index (χ2n) is 4.65. The number of hydrogen-bond donors (Lipinski definition) is 1. The number of carboxylic acids is 1. The minimum absolute atomic E-state index is 0.0412. The summed E-state index contributed by atoms with van der Waals surface area (Å²) in [6.07, 6.45) is -4.59. The Bertz CT molecular complexity index is 708. The number of rotatable bonds is 5. The van der Waals surface area contributed by atoms with E-state index in [-0.39, 0.29) is 17.2 Å². The highest BCUT2D eigenvalue weighted by Crippen LogP contribution is 2.33. The van der Waals surface area contributed by atoms with E-state index in [9.17, 15) is 23.1 Å². The molecule has 9 heteroatoms. The summed E-state index contributed by atoms with van der Waals surface area (Å²) in [5, 5.41) is 16.9. The summed E-state index contributed by atoms with van der Waals surface area (Å²) in [4.78, 5) is 13.7. The van der Waals surface area contributed by atoms with Crippen LogP contribution in [0.5, 0.6) is 0 Å². The second kappa shape index (κ2) is 6.27. The molecule has 0 saturated heterocycles. The summed E-state index contributed by atoms with van der Waals surface area (Å²) in [6, 6.07) is 4.75. The number of halogens is 3. The van der Waals surface area contributed by atoms with Gasteiger partial charge in [0.05, 0.1) is 11.3 Å². The van der Waals surface area contributed by atoms with Crippen LogP contribution in [0.15, 0.2) is 24.3 Å². The highest BCUT2D eigenvalue weighted by molar-refractivity contribution is 5.91. The molecule has 0 aliphatic carbocycles. The first-order valence-corrected chi connectivity index (χ1v) is 6.91. The van der Waals surface area contributed by atoms with Crippen LogP contribution in [-0.4, -0.2) is 39.2 Å². The van der Waals surface area contributed by atoms with Gasteiger partial charge in [0.2, 0.25) is 5.69 Å². The second-order valence-corrected chi connectivity index (χ2v) is 4.65. The Morgan fingerprint density at radius 2 is 1.83 bits per heavy atom. The lowest BCUT2D eigenvalue weighted by Gasteiger charge is -2.17. The van der Waals surface area contributed by atoms with E-state index in [0.717, 1.165) is 10.9 Å². The molecule has 124 valence electrons. The first kappa shape index (κ1) is 16.8. The van der Waals surface area contributed by atoms with E-state index >= 15 is 0 Å². The topological polar surface area (TPSA) is 71.2 Å². The molecule has 2 aromatic rings. The van der Waals surface area contributed by atoms with Gasteiger partial charge in [0.25, 0.3) is 0 Å². The maximum atomic E-state index is 13.1. The monoisotopic (exact) mass is 328 g/mol. The Labute approximate surface area is 130 Å². The molecule has 0 amide bonds. The van der Waals surface area contributed by atoms with Crippen molar-refractivity contribution in [2.75, 3.05) is 18.0 Å². The Balaban J connectivity index is 2.63. The van der Waals surface area contributed by atoms with Gasteiger partial charge >= 0.3 is 12.1 Å². The van der Waals surface area contributed by atoms with Crippen LogP contribution in [-0.2, 0) is 6.18 Å². The molecule has 1 aromatic carbocycles. The Kier molecular flexibility index (Phi) is 4.57. The number of anilines is 1. The summed E-state index contributed by atoms with van der Waals surface area (Å²) in [6.45, 7) is 4.49. The first-order valence-electron chi connectivity index (χ1n) is 6.91. The zero-order chi connectivity index (χ0) is 17.2. The molecule has 1 heterocycles. The lowest BCUT2D eigenvalue weighted by molar-refractivity contribution is -0.137. The van der Waals surface area contributed by atoms with Gasteiger partial charge in [-0.2, -0.15) is 13.2 Å². The molecular formula is C14H15F3N4O2. The zero-order valence-electron chi connectivity index (χ0n) is 12.5. The van der Waals surface area contributed by atoms with Crippen LogP contribution in [0.25, 0.3) is 5.69 Å². The number of aromatic carboxylic acids is 1. The molecule has 0 aliphatic heterocycles. The van der Waals surface area contributed by atoms with Crippen molar-refractivity contribution in [1.29, 1.82) is 0 Å². The van der Waals surface area contributed by atoms with Crippen molar-refractivity contribution < 1.29 is 23.1 Å². The number of nitrogens with zero attached hydrogens (tertiary/aromatic N) is 4. The fraction of sp³-hybridized carbons (Fsp3) is 0.357. The fourth-order valence-corrected chi connectivity index (χ4v) is 2.17. The number of alkyl halides is 3. The van der Waals surface area contributed by atoms with E-state index in [0.29, 0.717) is 13.1 Å². The quantitative estimate of drug-likeness (QED) is 0.914. The molecule has 0 spiro atoms. The summed E-state index contributed by atoms with van der Waals surface area (Å²) in [7, 11) is 0. The molecule has 23 heavy (non-hydrogen) atoms. The number of aromatic nitrogens is 3. The molecule has 0 aliphatic rings. The Morgan fingerprint density at radius 3 is 2.35 bits per heavy atom. The van der Waals surface area contributed by atoms with Crippen LogP contribution in [0, 0.1) is 0 Å². The van der Waals surface area contributed by atoms with Crippen LogP contribution in [0.4, 0.5) is 19.0 Å². The van der Waals surface area contributed by atoms with Crippen LogP contribution in [0.1, 0.15) is 29.9 Å². The normalized spacial score (nSPS) is 11.5. The molecule has 1 aromatic heterocycles. The van der Waals surface area contributed by atoms with Crippen molar-refractivity contribution in [3.8, 4) is 5.69 Å². The summed E-state index contributed by atoms with van der Waals surface area (Å²) >= 11 is 0. The third kappa shape index (κ3) is 3.27. The Morgan fingerprint density at radius 1 is 1.22 bits per heavy atom. The molecule has 0 radical (unpaired) electrons. The van der Waals surface area contributed by atoms with E-state index in [4.69, 9.17) is 0 Å². The molecule has 2 rings (SSSR count). The third-order valence-corrected chi connectivity index (χ3v) is 3.29. The third-order valence-electron chi connectivity index (χ3n) is 3.29. The highest BCUT2D eigenvalue weighted by atomic mass is 19.4. The van der Waals surface area contributed by atoms with Crippen LogP contribution in [0.2, 0.25) is 0 Å². The number of para-hydroxylation sites is 1. The minimum Gasteiger partial charge on any atom is -0.476 e. The lowest BCUT2D eigenvalue weighted by Crippen LogP contribution is -2.24. The van der Waals surface area contributed by atoms with Crippen molar-refractivity contribution in [1.82, 2.24) is 15.0 Å². The molecule has 0 fully saturated rings. The molecule has 0 atom stereocenters. The molecule has 6 nitrogen and oxygen atoms in total. The van der Waals surface area contributed by atoms with Crippen molar-refractivity contribution in [2.45, 2.75) is 20.0 Å². The standard InChI is InChI=1S/C14H15F3N4O2/c1-3-20(4-2)12-11(13(22)23)18-21(19-12)10-8-6-5-7-9(10)14(15,16)17/h5-8H,3-4H2,1-2H3,(H,22,23). The summed E-state index contributed by atoms with van der Waals surface area (Å²) in [5.41, 5.74) is -1.63. The lowest BCUT2D eigenvalue weighted by atomic mass is 10.2. The van der Waals surface area contributed by atoms with E-state index < -0.39 is 17.7 Å². The van der Waals surface area contributed by atoms with E-state index in [1.54, 1.807) is 18.7 Å². The molecule has 1 N–H and O–H groups in total. The molecule has 0 unspecified atom stereocenters. The number of benzene rings is 1. The van der Waals surface area contributed by atoms with Gasteiger partial charge in [-0.3, -0.25) is 0 Å². The van der Waals surface area contributed by atoms with Crippen molar-refractivity contribution >= 4 is 11.8 Å². The van der Waals surface area contributed by atoms with Crippen LogP contribution in [0.3, 0.4) is 0 Å². The summed E-state index contributed by atoms with van der Waals surface area (Å²) < 4.78 is 39.3. The smallest absolute Gasteiger partial charge is 0.418 e. The fourth-order valence-electron chi connectivity index (χ4n) is 2.17. The molecule has 0 bridgehead atoms. The average molecular weight is 328 g/mol. The van der Waals surface area contributed by atoms with Crippen molar-refractivity contribution in [2.24, 2.45) is 0 Å². The molecular weight excluding hydrogens is 313 g/mol. The highest BCUT2D eigenvalue weighted by Gasteiger charge is 2.35. The van der Waals surface area contributed by atoms with Gasteiger partial charge in [-0.25, -0.2) is 4.79 Å². The van der Waals surface area contributed by atoms with Crippen LogP contribution >= 0.6 is 0 Å². The zero-order valence-corrected chi connectivity index (χ0v) is 12.5. The van der Waals surface area contributed by atoms with E-state index in [1.165, 1.54) is 18.2 Å². The maximum absolute atomic E-state index is 13.1. The van der Waals surface area contributed by atoms with E-state index in [2.05, 4.69) is 10.2 Å². The van der Waals surface area contributed by atoms with Gasteiger partial charge in [-0.05, 0) is 26.0 Å². The van der Waals surface area contributed by atoms with Crippen LogP contribution < -0.4 is 4.90 Å². The van der Waals surface area contributed by atoms with Crippen molar-refractivity contribution in [3.05, 3.63) is 35.5 Å². The predicted octanol–water partition coefficient (Wildman–Crippen LogP) is 2.83. The van der Waals surface area contributed by atoms with E-state index in [1.807, 2.05) is 0 Å². The van der Waals surface area contributed by atoms with Crippen molar-refractivity contribution in [3.63, 3.8) is 0 Å². The number of carboxylic acid groups (broad SMARTS) is 1. The maximum Gasteiger partial charge on any atom is 0.418 e. The average Bonchev–Trinajstić information content (AvgIpc) is 2.93. The minimum atomic E-state index is -4.59. The van der Waals surface area contributed by atoms with Gasteiger partial charge < -0.3 is 10.0 Å². The predicted molar refractivity (Wildman–Crippen MR) is 76.9 cm³/mol. The molecule has 0 saturated carbocycles. The summed E-state index contributed by atoms with van der Waals surface area (Å²) in [5.74, 6) is -1.30. The van der Waals surface area contributed by atoms with Gasteiger partial charge in [-0.1, -0.05) is 12.1 Å². The first-order chi connectivity index (χ1) is 10.8. The number of carbonyl (C=O) groups is 1. The van der Waals surface area contributed by atoms with Gasteiger partial charge in [0.15, 0.2) is 5.82 Å². The number of hydrogen-bond acceptors (Lipinski definition) is 4. The van der Waals surface area contributed by atoms with Gasteiger partial charge in [-0.15, -0.1) is 15.0 Å². The Hall–Kier alpha value is -2.58. The van der Waals surface area contributed by atoms with Gasteiger partial charge in [0.1, 0.15) is 0 Å².